The van der Waals surface area contributed by atoms with Crippen LogP contribution in [0.3, 0.4) is 0 Å². The zero-order valence-corrected chi connectivity index (χ0v) is 18.1. The largest absolute Gasteiger partial charge is 0.508 e. The van der Waals surface area contributed by atoms with Crippen LogP contribution in [0.15, 0.2) is 54.6 Å². The zero-order valence-electron chi connectivity index (χ0n) is 14.3. The van der Waals surface area contributed by atoms with Crippen LogP contribution < -0.4 is 0 Å². The molecule has 0 aliphatic carbocycles. The van der Waals surface area contributed by atoms with Crippen LogP contribution in [-0.2, 0) is 14.9 Å². The van der Waals surface area contributed by atoms with Crippen molar-refractivity contribution in [3.05, 3.63) is 91.4 Å². The lowest BCUT2D eigenvalue weighted by Gasteiger charge is -2.33. The summed E-state index contributed by atoms with van der Waals surface area (Å²) >= 11 is 24.1. The number of phenolic OH excluding ortho intramolecular Hbond substituents is 2. The molecule has 0 aliphatic rings. The molecule has 1 atom stereocenters. The highest BCUT2D eigenvalue weighted by molar-refractivity contribution is 7.87. The predicted molar refractivity (Wildman–Crippen MR) is 114 cm³/mol. The Morgan fingerprint density at radius 3 is 1.76 bits per heavy atom. The van der Waals surface area contributed by atoms with E-state index in [2.05, 4.69) is 0 Å². The Bertz CT molecular complexity index is 1190. The maximum atomic E-state index is 12.9. The first-order chi connectivity index (χ1) is 13.5. The second-order valence-electron chi connectivity index (χ2n) is 6.12. The molecule has 0 aromatic heterocycles. The maximum absolute atomic E-state index is 12.9. The molecule has 0 spiro atoms. The lowest BCUT2D eigenvalue weighted by atomic mass is 9.84. The predicted octanol–water partition coefficient (Wildman–Crippen LogP) is 5.89. The normalized spacial score (nSPS) is 13.8. The zero-order chi connectivity index (χ0) is 21.6. The number of hydrogen-bond donors (Lipinski definition) is 3. The van der Waals surface area contributed by atoms with Gasteiger partial charge >= 0.3 is 0 Å². The van der Waals surface area contributed by atoms with Crippen LogP contribution in [0.1, 0.15) is 16.7 Å². The summed E-state index contributed by atoms with van der Waals surface area (Å²) in [5.41, 5.74) is -0.0918. The highest BCUT2D eigenvalue weighted by atomic mass is 35.5. The van der Waals surface area contributed by atoms with E-state index in [1.54, 1.807) is 0 Å². The fourth-order valence-electron chi connectivity index (χ4n) is 3.16. The van der Waals surface area contributed by atoms with Gasteiger partial charge in [0.05, 0.1) is 20.1 Å². The molecule has 3 N–H and O–H groups in total. The summed E-state index contributed by atoms with van der Waals surface area (Å²) in [6, 6.07) is 11.6. The minimum atomic E-state index is -4.99. The molecule has 0 aliphatic heterocycles. The fourth-order valence-corrected chi connectivity index (χ4v) is 5.21. The Kier molecular flexibility index (Phi) is 5.98. The molecule has 0 bridgehead atoms. The third kappa shape index (κ3) is 3.77. The van der Waals surface area contributed by atoms with Gasteiger partial charge in [0.2, 0.25) is 0 Å². The average molecular weight is 494 g/mol. The lowest BCUT2D eigenvalue weighted by molar-refractivity contribution is 0.455. The van der Waals surface area contributed by atoms with Crippen molar-refractivity contribution in [1.82, 2.24) is 0 Å². The van der Waals surface area contributed by atoms with Gasteiger partial charge in [-0.2, -0.15) is 8.42 Å². The van der Waals surface area contributed by atoms with Crippen molar-refractivity contribution < 1.29 is 23.2 Å². The van der Waals surface area contributed by atoms with Gasteiger partial charge in [0.15, 0.2) is 10.5 Å². The number of halogens is 4. The minimum Gasteiger partial charge on any atom is -0.508 e. The summed E-state index contributed by atoms with van der Waals surface area (Å²) in [5.74, 6) is -0.696. The van der Waals surface area contributed by atoms with Crippen molar-refractivity contribution in [1.29, 1.82) is 0 Å². The van der Waals surface area contributed by atoms with Gasteiger partial charge in [-0.1, -0.05) is 64.6 Å². The smallest absolute Gasteiger partial charge is 0.283 e. The molecule has 0 fully saturated rings. The van der Waals surface area contributed by atoms with E-state index in [4.69, 9.17) is 46.4 Å². The van der Waals surface area contributed by atoms with Crippen LogP contribution in [0.2, 0.25) is 20.1 Å². The van der Waals surface area contributed by atoms with E-state index in [0.29, 0.717) is 0 Å². The monoisotopic (exact) mass is 492 g/mol. The first-order valence-corrected chi connectivity index (χ1v) is 10.8. The summed E-state index contributed by atoms with van der Waals surface area (Å²) in [4.78, 5) is 0. The number of phenols is 2. The van der Waals surface area contributed by atoms with E-state index in [1.807, 2.05) is 0 Å². The lowest BCUT2D eigenvalue weighted by Crippen LogP contribution is -2.38. The molecule has 10 heteroatoms. The van der Waals surface area contributed by atoms with Crippen LogP contribution >= 0.6 is 46.4 Å². The molecule has 3 aromatic carbocycles. The quantitative estimate of drug-likeness (QED) is 0.311. The Labute approximate surface area is 186 Å². The number of hydrogen-bond acceptors (Lipinski definition) is 4. The van der Waals surface area contributed by atoms with Gasteiger partial charge < -0.3 is 10.2 Å². The standard InChI is InChI=1S/C19H12Cl4O5S/c20-14-5-4-11(7-15(14)21)19(29(26,27)28,10-2-1-3-13(24)6-10)12-8-16(22)18(25)17(23)9-12/h1-9,24-25H,(H,26,27,28). The molecule has 0 radical (unpaired) electrons. The van der Waals surface area contributed by atoms with Crippen molar-refractivity contribution in [2.45, 2.75) is 4.75 Å². The van der Waals surface area contributed by atoms with Crippen molar-refractivity contribution in [3.8, 4) is 11.5 Å². The van der Waals surface area contributed by atoms with E-state index >= 15 is 0 Å². The summed E-state index contributed by atoms with van der Waals surface area (Å²) in [5, 5.41) is 19.6. The molecule has 29 heavy (non-hydrogen) atoms. The Morgan fingerprint density at radius 1 is 0.690 bits per heavy atom. The third-order valence-corrected chi connectivity index (χ3v) is 7.19. The summed E-state index contributed by atoms with van der Waals surface area (Å²) in [7, 11) is -4.99. The second kappa shape index (κ2) is 7.87. The van der Waals surface area contributed by atoms with Crippen LogP contribution in [0, 0.1) is 0 Å². The summed E-state index contributed by atoms with van der Waals surface area (Å²) in [6.07, 6.45) is 0. The van der Waals surface area contributed by atoms with Gasteiger partial charge in [-0.15, -0.1) is 0 Å². The molecule has 1 unspecified atom stereocenters. The first-order valence-electron chi connectivity index (χ1n) is 7.89. The van der Waals surface area contributed by atoms with E-state index < -0.39 is 20.6 Å². The van der Waals surface area contributed by atoms with Gasteiger partial charge in [-0.3, -0.25) is 4.55 Å². The average Bonchev–Trinajstić information content (AvgIpc) is 2.62. The molecular formula is C19H12Cl4O5S. The van der Waals surface area contributed by atoms with E-state index in [0.717, 1.165) is 12.1 Å². The second-order valence-corrected chi connectivity index (χ2v) is 9.32. The number of rotatable bonds is 4. The number of benzene rings is 3. The van der Waals surface area contributed by atoms with Gasteiger partial charge in [0, 0.05) is 0 Å². The van der Waals surface area contributed by atoms with Crippen LogP contribution in [-0.4, -0.2) is 23.2 Å². The number of aromatic hydroxyl groups is 2. The van der Waals surface area contributed by atoms with Gasteiger partial charge in [0.1, 0.15) is 5.75 Å². The van der Waals surface area contributed by atoms with Gasteiger partial charge in [-0.25, -0.2) is 0 Å². The SMILES string of the molecule is O=S(=O)(O)C(c1cccc(O)c1)(c1ccc(Cl)c(Cl)c1)c1cc(Cl)c(O)c(Cl)c1. The maximum Gasteiger partial charge on any atom is 0.283 e. The highest BCUT2D eigenvalue weighted by Crippen LogP contribution is 2.48. The van der Waals surface area contributed by atoms with Crippen LogP contribution in [0.4, 0.5) is 0 Å². The van der Waals surface area contributed by atoms with E-state index in [9.17, 15) is 23.2 Å². The Morgan fingerprint density at radius 2 is 1.24 bits per heavy atom. The molecule has 0 heterocycles. The summed E-state index contributed by atoms with van der Waals surface area (Å²) < 4.78 is 34.0. The van der Waals surface area contributed by atoms with Crippen molar-refractivity contribution in [3.63, 3.8) is 0 Å². The summed E-state index contributed by atoms with van der Waals surface area (Å²) in [6.45, 7) is 0. The highest BCUT2D eigenvalue weighted by Gasteiger charge is 2.49. The van der Waals surface area contributed by atoms with Crippen molar-refractivity contribution >= 4 is 56.5 Å². The molecule has 152 valence electrons. The molecular weight excluding hydrogens is 482 g/mol. The Balaban J connectivity index is 2.56. The fraction of sp³-hybridized carbons (Fsp3) is 0.0526. The molecule has 3 aromatic rings. The topological polar surface area (TPSA) is 94.8 Å². The third-order valence-electron chi connectivity index (χ3n) is 4.39. The molecule has 0 amide bonds. The van der Waals surface area contributed by atoms with Crippen LogP contribution in [0.5, 0.6) is 11.5 Å². The van der Waals surface area contributed by atoms with Gasteiger partial charge in [0.25, 0.3) is 10.1 Å². The molecule has 0 saturated heterocycles. The van der Waals surface area contributed by atoms with E-state index in [-0.39, 0.29) is 42.5 Å². The minimum absolute atomic E-state index is 0.0119. The molecule has 3 rings (SSSR count). The first kappa shape index (κ1) is 22.0. The Hall–Kier alpha value is -1.67. The van der Waals surface area contributed by atoms with Gasteiger partial charge in [-0.05, 0) is 53.1 Å². The van der Waals surface area contributed by atoms with E-state index in [1.165, 1.54) is 42.5 Å². The van der Waals surface area contributed by atoms with Crippen molar-refractivity contribution in [2.24, 2.45) is 0 Å². The van der Waals surface area contributed by atoms with Crippen molar-refractivity contribution in [2.75, 3.05) is 0 Å². The molecule has 5 nitrogen and oxygen atoms in total. The van der Waals surface area contributed by atoms with Crippen LogP contribution in [0.25, 0.3) is 0 Å². The molecule has 0 saturated carbocycles.